The molecule has 1 saturated heterocycles. The number of aromatic nitrogens is 3. The van der Waals surface area contributed by atoms with Gasteiger partial charge in [-0.3, -0.25) is 10.2 Å². The lowest BCUT2D eigenvalue weighted by molar-refractivity contribution is -0.127. The summed E-state index contributed by atoms with van der Waals surface area (Å²) in [5.74, 6) is -0.00547. The molecule has 1 N–H and O–H groups in total. The topological polar surface area (TPSA) is 80.2 Å². The molecule has 0 saturated carbocycles. The minimum Gasteiger partial charge on any atom is -0.379 e. The van der Waals surface area contributed by atoms with Crippen LogP contribution in [0, 0.1) is 0 Å². The van der Waals surface area contributed by atoms with E-state index in [4.69, 9.17) is 4.74 Å². The number of aryl methyl sites for hydroxylation is 1. The lowest BCUT2D eigenvalue weighted by Crippen LogP contribution is -2.48. The number of halogens is 2. The van der Waals surface area contributed by atoms with Gasteiger partial charge in [0.2, 0.25) is 5.91 Å². The lowest BCUT2D eigenvalue weighted by atomic mass is 10.3. The van der Waals surface area contributed by atoms with Crippen LogP contribution in [0.2, 0.25) is 0 Å². The Morgan fingerprint density at radius 2 is 2.04 bits per heavy atom. The van der Waals surface area contributed by atoms with E-state index in [1.54, 1.807) is 0 Å². The third kappa shape index (κ3) is 5.44. The van der Waals surface area contributed by atoms with Gasteiger partial charge in [-0.05, 0) is 43.6 Å². The third-order valence-electron chi connectivity index (χ3n) is 3.01. The van der Waals surface area contributed by atoms with Crippen molar-refractivity contribution in [2.75, 3.05) is 26.3 Å². The van der Waals surface area contributed by atoms with Crippen molar-refractivity contribution >= 4 is 72.2 Å². The van der Waals surface area contributed by atoms with Gasteiger partial charge in [0.25, 0.3) is 0 Å². The molecule has 1 aliphatic heterocycles. The fourth-order valence-corrected chi connectivity index (χ4v) is 6.28. The van der Waals surface area contributed by atoms with Crippen molar-refractivity contribution in [1.29, 1.82) is 0 Å². The maximum Gasteiger partial charge on any atom is 0.234 e. The van der Waals surface area contributed by atoms with Gasteiger partial charge >= 0.3 is 0 Å². The molecule has 3 heterocycles. The number of morpholine rings is 1. The first-order chi connectivity index (χ1) is 11.6. The first-order valence-electron chi connectivity index (χ1n) is 7.04. The number of amides is 1. The molecular weight excluding hydrogens is 502 g/mol. The van der Waals surface area contributed by atoms with Crippen LogP contribution in [0.15, 0.2) is 17.1 Å². The SMILES string of the molecule is O=C(CCc1nnc(Sc2nc(Br)c(Br)s2)s1)NN1CCOCC1. The van der Waals surface area contributed by atoms with E-state index in [1.165, 1.54) is 34.4 Å². The molecule has 0 spiro atoms. The highest BCUT2D eigenvalue weighted by molar-refractivity contribution is 9.13. The summed E-state index contributed by atoms with van der Waals surface area (Å²) in [4.78, 5) is 16.3. The van der Waals surface area contributed by atoms with Gasteiger partial charge in [0.05, 0.1) is 13.2 Å². The van der Waals surface area contributed by atoms with Crippen molar-refractivity contribution < 1.29 is 9.53 Å². The van der Waals surface area contributed by atoms with E-state index in [0.717, 1.165) is 35.2 Å². The number of carbonyl (C=O) groups is 1. The fourth-order valence-electron chi connectivity index (χ4n) is 1.89. The number of ether oxygens (including phenoxy) is 1. The van der Waals surface area contributed by atoms with Crippen LogP contribution >= 0.6 is 66.3 Å². The van der Waals surface area contributed by atoms with Crippen LogP contribution in [0.1, 0.15) is 11.4 Å². The maximum atomic E-state index is 12.0. The number of hydrogen-bond acceptors (Lipinski definition) is 9. The summed E-state index contributed by atoms with van der Waals surface area (Å²) >= 11 is 11.3. The first kappa shape index (κ1) is 18.7. The zero-order valence-electron chi connectivity index (χ0n) is 12.3. The Balaban J connectivity index is 1.46. The first-order valence-corrected chi connectivity index (χ1v) is 11.1. The van der Waals surface area contributed by atoms with E-state index in [1.807, 2.05) is 5.01 Å². The Kier molecular flexibility index (Phi) is 7.01. The van der Waals surface area contributed by atoms with E-state index >= 15 is 0 Å². The van der Waals surface area contributed by atoms with Crippen molar-refractivity contribution in [1.82, 2.24) is 25.6 Å². The van der Waals surface area contributed by atoms with Crippen LogP contribution in [0.4, 0.5) is 0 Å². The zero-order valence-corrected chi connectivity index (χ0v) is 18.0. The molecule has 0 aromatic carbocycles. The smallest absolute Gasteiger partial charge is 0.234 e. The predicted octanol–water partition coefficient (Wildman–Crippen LogP) is 2.97. The van der Waals surface area contributed by atoms with Crippen molar-refractivity contribution in [2.45, 2.75) is 21.5 Å². The number of hydrogen-bond donors (Lipinski definition) is 1. The Morgan fingerprint density at radius 3 is 2.75 bits per heavy atom. The minimum absolute atomic E-state index is 0.00547. The number of rotatable bonds is 6. The second-order valence-corrected chi connectivity index (χ2v) is 10.4. The van der Waals surface area contributed by atoms with Crippen molar-refractivity contribution in [2.24, 2.45) is 0 Å². The van der Waals surface area contributed by atoms with Crippen LogP contribution in [-0.4, -0.2) is 52.4 Å². The van der Waals surface area contributed by atoms with Crippen LogP contribution in [0.25, 0.3) is 0 Å². The van der Waals surface area contributed by atoms with Crippen LogP contribution < -0.4 is 5.43 Å². The third-order valence-corrected chi connectivity index (χ3v) is 8.18. The molecule has 1 fully saturated rings. The lowest BCUT2D eigenvalue weighted by Gasteiger charge is -2.26. The Bertz CT molecular complexity index is 685. The van der Waals surface area contributed by atoms with Gasteiger partial charge in [-0.2, -0.15) is 0 Å². The second kappa shape index (κ2) is 9.01. The highest BCUT2D eigenvalue weighted by Crippen LogP contribution is 2.38. The molecular formula is C12H13Br2N5O2S3. The predicted molar refractivity (Wildman–Crippen MR) is 100 cm³/mol. The van der Waals surface area contributed by atoms with Gasteiger partial charge in [-0.25, -0.2) is 9.99 Å². The molecule has 0 atom stereocenters. The fraction of sp³-hybridized carbons (Fsp3) is 0.500. The summed E-state index contributed by atoms with van der Waals surface area (Å²) in [6.45, 7) is 2.76. The number of nitrogens with zero attached hydrogens (tertiary/aromatic N) is 4. The molecule has 2 aromatic heterocycles. The van der Waals surface area contributed by atoms with Crippen molar-refractivity contribution in [3.8, 4) is 0 Å². The minimum atomic E-state index is -0.00547. The molecule has 0 aliphatic carbocycles. The summed E-state index contributed by atoms with van der Waals surface area (Å²) in [5.41, 5.74) is 2.89. The standard InChI is InChI=1S/C12H13Br2N5O2S3/c13-9-10(14)23-11(15-9)24-12-17-16-8(22-12)2-1-7(20)18-19-3-5-21-6-4-19/h1-6H2,(H,18,20). The van der Waals surface area contributed by atoms with Gasteiger partial charge in [0, 0.05) is 25.9 Å². The largest absolute Gasteiger partial charge is 0.379 e. The van der Waals surface area contributed by atoms with E-state index < -0.39 is 0 Å². The normalized spacial score (nSPS) is 15.6. The summed E-state index contributed by atoms with van der Waals surface area (Å²) in [6.07, 6.45) is 0.977. The Hall–Kier alpha value is -0.110. The molecule has 7 nitrogen and oxygen atoms in total. The molecule has 1 aliphatic rings. The van der Waals surface area contributed by atoms with E-state index in [-0.39, 0.29) is 5.91 Å². The summed E-state index contributed by atoms with van der Waals surface area (Å²) in [6, 6.07) is 0. The average Bonchev–Trinajstić information content (AvgIpc) is 3.13. The molecule has 0 unspecified atom stereocenters. The van der Waals surface area contributed by atoms with Gasteiger partial charge < -0.3 is 4.74 Å². The molecule has 2 aromatic rings. The monoisotopic (exact) mass is 513 g/mol. The van der Waals surface area contributed by atoms with E-state index in [2.05, 4.69) is 52.5 Å². The van der Waals surface area contributed by atoms with Crippen LogP contribution in [0.3, 0.4) is 0 Å². The van der Waals surface area contributed by atoms with Crippen molar-refractivity contribution in [3.05, 3.63) is 13.4 Å². The summed E-state index contributed by atoms with van der Waals surface area (Å²) in [5, 5.41) is 11.0. The molecule has 3 rings (SSSR count). The maximum absolute atomic E-state index is 12.0. The zero-order chi connectivity index (χ0) is 16.9. The van der Waals surface area contributed by atoms with Gasteiger partial charge in [0.1, 0.15) is 13.4 Å². The molecule has 12 heteroatoms. The highest BCUT2D eigenvalue weighted by Gasteiger charge is 2.15. The number of carbonyl (C=O) groups excluding carboxylic acids is 1. The van der Waals surface area contributed by atoms with E-state index in [9.17, 15) is 4.79 Å². The number of nitrogens with one attached hydrogen (secondary N) is 1. The molecule has 0 bridgehead atoms. The second-order valence-electron chi connectivity index (χ2n) is 4.74. The van der Waals surface area contributed by atoms with Gasteiger partial charge in [-0.15, -0.1) is 10.2 Å². The van der Waals surface area contributed by atoms with Gasteiger partial charge in [0.15, 0.2) is 8.68 Å². The Morgan fingerprint density at radius 1 is 1.25 bits per heavy atom. The number of hydrazine groups is 1. The highest BCUT2D eigenvalue weighted by atomic mass is 79.9. The Labute approximate surface area is 167 Å². The molecule has 0 radical (unpaired) electrons. The van der Waals surface area contributed by atoms with Crippen LogP contribution in [0.5, 0.6) is 0 Å². The van der Waals surface area contributed by atoms with Crippen molar-refractivity contribution in [3.63, 3.8) is 0 Å². The van der Waals surface area contributed by atoms with E-state index in [0.29, 0.717) is 26.1 Å². The quantitative estimate of drug-likeness (QED) is 0.634. The molecule has 24 heavy (non-hydrogen) atoms. The molecule has 1 amide bonds. The van der Waals surface area contributed by atoms with Crippen LogP contribution in [-0.2, 0) is 16.0 Å². The summed E-state index contributed by atoms with van der Waals surface area (Å²) < 4.78 is 8.71. The summed E-state index contributed by atoms with van der Waals surface area (Å²) in [7, 11) is 0. The van der Waals surface area contributed by atoms with Gasteiger partial charge in [-0.1, -0.05) is 22.7 Å². The number of thiazole rings is 1. The molecule has 130 valence electrons. The average molecular weight is 515 g/mol.